The molecule has 2 saturated heterocycles. The van der Waals surface area contributed by atoms with Gasteiger partial charge in [-0.3, -0.25) is 9.69 Å². The van der Waals surface area contributed by atoms with E-state index in [9.17, 15) is 4.79 Å². The molecule has 136 valence electrons. The number of hydrogen-bond acceptors (Lipinski definition) is 4. The van der Waals surface area contributed by atoms with Crippen LogP contribution in [-0.2, 0) is 22.6 Å². The van der Waals surface area contributed by atoms with E-state index in [2.05, 4.69) is 39.8 Å². The van der Waals surface area contributed by atoms with E-state index in [1.54, 1.807) is 0 Å². The largest absolute Gasteiger partial charge is 0.379 e. The van der Waals surface area contributed by atoms with Gasteiger partial charge < -0.3 is 15.4 Å². The summed E-state index contributed by atoms with van der Waals surface area (Å²) >= 11 is 0. The number of ether oxygens (including phenoxy) is 1. The van der Waals surface area contributed by atoms with E-state index in [4.69, 9.17) is 4.74 Å². The lowest BCUT2D eigenvalue weighted by Crippen LogP contribution is -2.40. The second-order valence-corrected chi connectivity index (χ2v) is 6.07. The first-order chi connectivity index (χ1) is 10.8. The van der Waals surface area contributed by atoms with Crippen LogP contribution in [0.25, 0.3) is 0 Å². The number of carbonyl (C=O) groups is 1. The van der Waals surface area contributed by atoms with E-state index in [0.717, 1.165) is 57.8 Å². The Morgan fingerprint density at radius 2 is 1.83 bits per heavy atom. The van der Waals surface area contributed by atoms with Crippen LogP contribution in [0.4, 0.5) is 0 Å². The highest BCUT2D eigenvalue weighted by Gasteiger charge is 2.21. The first kappa shape index (κ1) is 21.2. The first-order valence-electron chi connectivity index (χ1n) is 8.20. The summed E-state index contributed by atoms with van der Waals surface area (Å²) in [6.07, 6.45) is 2.04. The molecule has 0 unspecified atom stereocenters. The van der Waals surface area contributed by atoms with Crippen LogP contribution < -0.4 is 10.6 Å². The minimum absolute atomic E-state index is 0. The van der Waals surface area contributed by atoms with Crippen LogP contribution in [0.3, 0.4) is 0 Å². The molecule has 0 spiro atoms. The third-order valence-electron chi connectivity index (χ3n) is 4.38. The molecule has 5 nitrogen and oxygen atoms in total. The molecule has 1 amide bonds. The summed E-state index contributed by atoms with van der Waals surface area (Å²) in [7, 11) is 0. The molecule has 1 aromatic rings. The predicted octanol–water partition coefficient (Wildman–Crippen LogP) is 1.73. The van der Waals surface area contributed by atoms with E-state index in [1.807, 2.05) is 0 Å². The zero-order chi connectivity index (χ0) is 15.2. The van der Waals surface area contributed by atoms with Gasteiger partial charge in [0.1, 0.15) is 0 Å². The number of morpholine rings is 1. The molecule has 7 heteroatoms. The number of benzene rings is 1. The van der Waals surface area contributed by atoms with Crippen LogP contribution in [0.15, 0.2) is 24.3 Å². The van der Waals surface area contributed by atoms with Crippen molar-refractivity contribution in [1.29, 1.82) is 0 Å². The zero-order valence-electron chi connectivity index (χ0n) is 13.8. The number of hydrogen-bond donors (Lipinski definition) is 2. The monoisotopic (exact) mass is 375 g/mol. The standard InChI is InChI=1S/C17H25N3O2.2ClH/c21-17(16-2-1-7-18-16)19-12-14-3-5-15(6-4-14)13-20-8-10-22-11-9-20;;/h3-6,16,18H,1-2,7-13H2,(H,19,21);2*1H/t16-;;/m0../s1. The molecule has 2 N–H and O–H groups in total. The van der Waals surface area contributed by atoms with E-state index in [1.165, 1.54) is 5.56 Å². The van der Waals surface area contributed by atoms with Gasteiger partial charge in [-0.2, -0.15) is 0 Å². The molecule has 0 aliphatic carbocycles. The molecule has 1 aromatic carbocycles. The van der Waals surface area contributed by atoms with Crippen molar-refractivity contribution in [3.05, 3.63) is 35.4 Å². The van der Waals surface area contributed by atoms with Crippen molar-refractivity contribution >= 4 is 30.7 Å². The third kappa shape index (κ3) is 6.22. The Labute approximate surface area is 156 Å². The Morgan fingerprint density at radius 1 is 1.17 bits per heavy atom. The lowest BCUT2D eigenvalue weighted by atomic mass is 10.1. The molecule has 2 fully saturated rings. The number of halogens is 2. The minimum atomic E-state index is 0. The van der Waals surface area contributed by atoms with Crippen molar-refractivity contribution < 1.29 is 9.53 Å². The second-order valence-electron chi connectivity index (χ2n) is 6.07. The molecule has 24 heavy (non-hydrogen) atoms. The molecule has 2 aliphatic heterocycles. The third-order valence-corrected chi connectivity index (χ3v) is 4.38. The van der Waals surface area contributed by atoms with E-state index < -0.39 is 0 Å². The Balaban J connectivity index is 0.00000144. The Morgan fingerprint density at radius 3 is 2.46 bits per heavy atom. The average Bonchev–Trinajstić information content (AvgIpc) is 3.09. The summed E-state index contributed by atoms with van der Waals surface area (Å²) in [6, 6.07) is 8.53. The maximum Gasteiger partial charge on any atom is 0.237 e. The van der Waals surface area contributed by atoms with Crippen molar-refractivity contribution in [2.45, 2.75) is 32.0 Å². The Bertz CT molecular complexity index is 487. The number of carbonyl (C=O) groups excluding carboxylic acids is 1. The molecule has 2 heterocycles. The molecule has 0 aromatic heterocycles. The number of rotatable bonds is 5. The number of amides is 1. The molecule has 3 rings (SSSR count). The van der Waals surface area contributed by atoms with Crippen LogP contribution >= 0.6 is 24.8 Å². The highest BCUT2D eigenvalue weighted by Crippen LogP contribution is 2.10. The zero-order valence-corrected chi connectivity index (χ0v) is 15.5. The second kappa shape index (κ2) is 10.9. The fourth-order valence-corrected chi connectivity index (χ4v) is 3.00. The molecule has 0 saturated carbocycles. The summed E-state index contributed by atoms with van der Waals surface area (Å²) < 4.78 is 5.37. The summed E-state index contributed by atoms with van der Waals surface area (Å²) in [5, 5.41) is 6.23. The summed E-state index contributed by atoms with van der Waals surface area (Å²) in [4.78, 5) is 14.4. The van der Waals surface area contributed by atoms with E-state index in [0.29, 0.717) is 6.54 Å². The SMILES string of the molecule is Cl.Cl.O=C(NCc1ccc(CN2CCOCC2)cc1)[C@@H]1CCCN1. The van der Waals surface area contributed by atoms with Crippen LogP contribution in [0, 0.1) is 0 Å². The fraction of sp³-hybridized carbons (Fsp3) is 0.588. The van der Waals surface area contributed by atoms with Crippen LogP contribution in [-0.4, -0.2) is 49.7 Å². The molecular weight excluding hydrogens is 349 g/mol. The quantitative estimate of drug-likeness (QED) is 0.822. The van der Waals surface area contributed by atoms with Crippen LogP contribution in [0.1, 0.15) is 24.0 Å². The highest BCUT2D eigenvalue weighted by molar-refractivity contribution is 5.85. The smallest absolute Gasteiger partial charge is 0.237 e. The van der Waals surface area contributed by atoms with Crippen molar-refractivity contribution in [3.63, 3.8) is 0 Å². The van der Waals surface area contributed by atoms with Gasteiger partial charge in [0.25, 0.3) is 0 Å². The van der Waals surface area contributed by atoms with Gasteiger partial charge in [0.2, 0.25) is 5.91 Å². The Kier molecular flexibility index (Phi) is 9.63. The highest BCUT2D eigenvalue weighted by atomic mass is 35.5. The van der Waals surface area contributed by atoms with Gasteiger partial charge in [0.05, 0.1) is 19.3 Å². The fourth-order valence-electron chi connectivity index (χ4n) is 3.00. The molecule has 0 bridgehead atoms. The van der Waals surface area contributed by atoms with E-state index >= 15 is 0 Å². The maximum absolute atomic E-state index is 12.0. The van der Waals surface area contributed by atoms with E-state index in [-0.39, 0.29) is 36.8 Å². The predicted molar refractivity (Wildman–Crippen MR) is 99.9 cm³/mol. The average molecular weight is 376 g/mol. The van der Waals surface area contributed by atoms with Crippen molar-refractivity contribution in [1.82, 2.24) is 15.5 Å². The summed E-state index contributed by atoms with van der Waals surface area (Å²) in [5.41, 5.74) is 2.46. The summed E-state index contributed by atoms with van der Waals surface area (Å²) in [5.74, 6) is 0.120. The first-order valence-corrected chi connectivity index (χ1v) is 8.20. The lowest BCUT2D eigenvalue weighted by Gasteiger charge is -2.26. The van der Waals surface area contributed by atoms with Gasteiger partial charge in [0.15, 0.2) is 0 Å². The maximum atomic E-state index is 12.0. The lowest BCUT2D eigenvalue weighted by molar-refractivity contribution is -0.122. The van der Waals surface area contributed by atoms with Gasteiger partial charge in [-0.15, -0.1) is 24.8 Å². The molecule has 0 radical (unpaired) electrons. The van der Waals surface area contributed by atoms with Crippen molar-refractivity contribution in [2.24, 2.45) is 0 Å². The topological polar surface area (TPSA) is 53.6 Å². The molecule has 1 atom stereocenters. The van der Waals surface area contributed by atoms with Crippen LogP contribution in [0.2, 0.25) is 0 Å². The van der Waals surface area contributed by atoms with Gasteiger partial charge in [-0.1, -0.05) is 24.3 Å². The van der Waals surface area contributed by atoms with Crippen LogP contribution in [0.5, 0.6) is 0 Å². The summed E-state index contributed by atoms with van der Waals surface area (Å²) in [6.45, 7) is 6.21. The normalized spacial score (nSPS) is 20.8. The van der Waals surface area contributed by atoms with Gasteiger partial charge in [0, 0.05) is 26.2 Å². The van der Waals surface area contributed by atoms with Gasteiger partial charge in [-0.05, 0) is 30.5 Å². The van der Waals surface area contributed by atoms with Crippen molar-refractivity contribution in [2.75, 3.05) is 32.8 Å². The van der Waals surface area contributed by atoms with Crippen molar-refractivity contribution in [3.8, 4) is 0 Å². The molecular formula is C17H27Cl2N3O2. The number of nitrogens with one attached hydrogen (secondary N) is 2. The Hall–Kier alpha value is -0.850. The minimum Gasteiger partial charge on any atom is -0.379 e. The molecule has 2 aliphatic rings. The van der Waals surface area contributed by atoms with Gasteiger partial charge in [-0.25, -0.2) is 0 Å². The number of nitrogens with zero attached hydrogens (tertiary/aromatic N) is 1. The van der Waals surface area contributed by atoms with Gasteiger partial charge >= 0.3 is 0 Å².